The van der Waals surface area contributed by atoms with Gasteiger partial charge in [-0.05, 0) is 12.8 Å². The van der Waals surface area contributed by atoms with Crippen LogP contribution in [0.2, 0.25) is 0 Å². The van der Waals surface area contributed by atoms with Crippen molar-refractivity contribution in [3.63, 3.8) is 0 Å². The van der Waals surface area contributed by atoms with Crippen molar-refractivity contribution in [2.75, 3.05) is 6.61 Å². The fourth-order valence-electron chi connectivity index (χ4n) is 5.02. The van der Waals surface area contributed by atoms with Crippen LogP contribution in [0.25, 0.3) is 0 Å². The molecule has 2 nitrogen and oxygen atoms in total. The smallest absolute Gasteiger partial charge is 0.305 e. The highest BCUT2D eigenvalue weighted by Gasteiger charge is 2.02. The predicted molar refractivity (Wildman–Crippen MR) is 156 cm³/mol. The lowest BCUT2D eigenvalue weighted by Gasteiger charge is -2.06. The van der Waals surface area contributed by atoms with Crippen LogP contribution in [-0.2, 0) is 9.53 Å². The van der Waals surface area contributed by atoms with E-state index in [1.54, 1.807) is 0 Å². The average Bonchev–Trinajstić information content (AvgIpc) is 2.86. The Labute approximate surface area is 222 Å². The molecule has 0 saturated heterocycles. The maximum Gasteiger partial charge on any atom is 0.305 e. The van der Waals surface area contributed by atoms with Crippen molar-refractivity contribution in [2.45, 2.75) is 200 Å². The van der Waals surface area contributed by atoms with E-state index in [0.717, 1.165) is 12.8 Å². The number of esters is 1. The molecule has 0 radical (unpaired) electrons. The van der Waals surface area contributed by atoms with Crippen molar-refractivity contribution in [1.29, 1.82) is 0 Å². The lowest BCUT2D eigenvalue weighted by molar-refractivity contribution is -0.143. The standard InChI is InChI=1S/C33H66O2/c1-3-5-7-9-11-13-14-15-16-17-18-19-20-21-22-24-26-28-30-32-35-33(34)31-29-27-25-23-12-10-8-6-4-2/h3-32H2,1-2H3. The fraction of sp³-hybridized carbons (Fsp3) is 0.970. The molecule has 0 aliphatic rings. The Morgan fingerprint density at radius 1 is 0.371 bits per heavy atom. The van der Waals surface area contributed by atoms with Crippen LogP contribution in [0.5, 0.6) is 0 Å². The van der Waals surface area contributed by atoms with Crippen LogP contribution >= 0.6 is 0 Å². The second-order valence-corrected chi connectivity index (χ2v) is 11.2. The quantitative estimate of drug-likeness (QED) is 0.0732. The van der Waals surface area contributed by atoms with Crippen LogP contribution in [0, 0.1) is 0 Å². The summed E-state index contributed by atoms with van der Waals surface area (Å²) >= 11 is 0. The molecule has 0 bridgehead atoms. The first-order valence-corrected chi connectivity index (χ1v) is 16.5. The topological polar surface area (TPSA) is 26.3 Å². The third kappa shape index (κ3) is 31.4. The lowest BCUT2D eigenvalue weighted by Crippen LogP contribution is -2.05. The molecule has 35 heavy (non-hydrogen) atoms. The zero-order valence-corrected chi connectivity index (χ0v) is 24.5. The van der Waals surface area contributed by atoms with Crippen LogP contribution in [0.15, 0.2) is 0 Å². The van der Waals surface area contributed by atoms with Crippen LogP contribution < -0.4 is 0 Å². The van der Waals surface area contributed by atoms with Gasteiger partial charge in [0.1, 0.15) is 0 Å². The Morgan fingerprint density at radius 3 is 0.943 bits per heavy atom. The van der Waals surface area contributed by atoms with Gasteiger partial charge in [0.25, 0.3) is 0 Å². The predicted octanol–water partition coefficient (Wildman–Crippen LogP) is 11.9. The molecule has 0 rings (SSSR count). The Kier molecular flexibility index (Phi) is 31.0. The third-order valence-electron chi connectivity index (χ3n) is 7.50. The molecule has 0 aliphatic heterocycles. The van der Waals surface area contributed by atoms with Crippen molar-refractivity contribution in [3.8, 4) is 0 Å². The molecule has 0 aliphatic carbocycles. The number of carbonyl (C=O) groups excluding carboxylic acids is 1. The number of hydrogen-bond donors (Lipinski definition) is 0. The largest absolute Gasteiger partial charge is 0.466 e. The zero-order chi connectivity index (χ0) is 25.5. The minimum absolute atomic E-state index is 0.0235. The lowest BCUT2D eigenvalue weighted by atomic mass is 10.0. The monoisotopic (exact) mass is 495 g/mol. The molecule has 0 atom stereocenters. The Morgan fingerprint density at radius 2 is 0.629 bits per heavy atom. The van der Waals surface area contributed by atoms with E-state index in [9.17, 15) is 4.79 Å². The van der Waals surface area contributed by atoms with Gasteiger partial charge in [0.2, 0.25) is 0 Å². The molecule has 0 aromatic carbocycles. The van der Waals surface area contributed by atoms with Gasteiger partial charge in [0.15, 0.2) is 0 Å². The van der Waals surface area contributed by atoms with Crippen molar-refractivity contribution in [3.05, 3.63) is 0 Å². The van der Waals surface area contributed by atoms with Gasteiger partial charge in [-0.1, -0.05) is 181 Å². The number of rotatable bonds is 30. The number of hydrogen-bond acceptors (Lipinski definition) is 2. The van der Waals surface area contributed by atoms with Gasteiger partial charge < -0.3 is 4.74 Å². The Hall–Kier alpha value is -0.530. The summed E-state index contributed by atoms with van der Waals surface area (Å²) in [5.41, 5.74) is 0. The van der Waals surface area contributed by atoms with E-state index >= 15 is 0 Å². The van der Waals surface area contributed by atoms with Crippen molar-refractivity contribution in [2.24, 2.45) is 0 Å². The molecular weight excluding hydrogens is 428 g/mol. The van der Waals surface area contributed by atoms with E-state index in [1.807, 2.05) is 0 Å². The Bertz CT molecular complexity index is 393. The van der Waals surface area contributed by atoms with E-state index in [4.69, 9.17) is 4.74 Å². The average molecular weight is 495 g/mol. The maximum atomic E-state index is 11.8. The minimum Gasteiger partial charge on any atom is -0.466 e. The second kappa shape index (κ2) is 31.5. The summed E-state index contributed by atoms with van der Waals surface area (Å²) < 4.78 is 5.41. The summed E-state index contributed by atoms with van der Waals surface area (Å²) in [7, 11) is 0. The molecule has 0 heterocycles. The van der Waals surface area contributed by atoms with Gasteiger partial charge in [0.05, 0.1) is 6.61 Å². The van der Waals surface area contributed by atoms with E-state index in [2.05, 4.69) is 13.8 Å². The van der Waals surface area contributed by atoms with Gasteiger partial charge >= 0.3 is 5.97 Å². The highest BCUT2D eigenvalue weighted by atomic mass is 16.5. The highest BCUT2D eigenvalue weighted by Crippen LogP contribution is 2.15. The first-order valence-electron chi connectivity index (χ1n) is 16.5. The van der Waals surface area contributed by atoms with E-state index in [1.165, 1.54) is 167 Å². The molecule has 0 N–H and O–H groups in total. The zero-order valence-electron chi connectivity index (χ0n) is 24.5. The molecule has 0 saturated carbocycles. The fourth-order valence-corrected chi connectivity index (χ4v) is 5.02. The highest BCUT2D eigenvalue weighted by molar-refractivity contribution is 5.69. The van der Waals surface area contributed by atoms with Gasteiger partial charge in [-0.3, -0.25) is 4.79 Å². The van der Waals surface area contributed by atoms with Gasteiger partial charge in [-0.25, -0.2) is 0 Å². The second-order valence-electron chi connectivity index (χ2n) is 11.2. The first kappa shape index (κ1) is 34.5. The third-order valence-corrected chi connectivity index (χ3v) is 7.50. The Balaban J connectivity index is 3.12. The first-order chi connectivity index (χ1) is 17.3. The summed E-state index contributed by atoms with van der Waals surface area (Å²) in [4.78, 5) is 11.8. The molecule has 0 aromatic heterocycles. The van der Waals surface area contributed by atoms with Crippen molar-refractivity contribution >= 4 is 5.97 Å². The molecule has 0 unspecified atom stereocenters. The molecule has 0 amide bonds. The number of unbranched alkanes of at least 4 members (excludes halogenated alkanes) is 26. The minimum atomic E-state index is 0.0235. The maximum absolute atomic E-state index is 11.8. The summed E-state index contributed by atoms with van der Waals surface area (Å²) in [6, 6.07) is 0. The van der Waals surface area contributed by atoms with E-state index < -0.39 is 0 Å². The molecule has 0 fully saturated rings. The van der Waals surface area contributed by atoms with Gasteiger partial charge in [0, 0.05) is 6.42 Å². The molecule has 0 aromatic rings. The van der Waals surface area contributed by atoms with Crippen molar-refractivity contribution in [1.82, 2.24) is 0 Å². The molecular formula is C33H66O2. The summed E-state index contributed by atoms with van der Waals surface area (Å²) in [6.07, 6.45) is 38.7. The van der Waals surface area contributed by atoms with Crippen LogP contribution in [0.4, 0.5) is 0 Å². The summed E-state index contributed by atoms with van der Waals surface area (Å²) in [6.45, 7) is 5.19. The van der Waals surface area contributed by atoms with Crippen molar-refractivity contribution < 1.29 is 9.53 Å². The number of carbonyl (C=O) groups is 1. The van der Waals surface area contributed by atoms with Gasteiger partial charge in [-0.15, -0.1) is 0 Å². The molecule has 210 valence electrons. The normalized spacial score (nSPS) is 11.3. The van der Waals surface area contributed by atoms with E-state index in [-0.39, 0.29) is 5.97 Å². The molecule has 0 spiro atoms. The SMILES string of the molecule is CCCCCCCCCCCCCCCCCCCCCOC(=O)CCCCCCCCCCC. The number of ether oxygens (including phenoxy) is 1. The summed E-state index contributed by atoms with van der Waals surface area (Å²) in [5.74, 6) is 0.0235. The van der Waals surface area contributed by atoms with E-state index in [0.29, 0.717) is 13.0 Å². The van der Waals surface area contributed by atoms with Crippen LogP contribution in [0.3, 0.4) is 0 Å². The van der Waals surface area contributed by atoms with Crippen LogP contribution in [-0.4, -0.2) is 12.6 Å². The van der Waals surface area contributed by atoms with Gasteiger partial charge in [-0.2, -0.15) is 0 Å². The molecule has 2 heteroatoms. The van der Waals surface area contributed by atoms with Crippen LogP contribution in [0.1, 0.15) is 200 Å². The summed E-state index contributed by atoms with van der Waals surface area (Å²) in [5, 5.41) is 0.